The van der Waals surface area contributed by atoms with Gasteiger partial charge in [0.25, 0.3) is 0 Å². The third-order valence-corrected chi connectivity index (χ3v) is 2.94. The van der Waals surface area contributed by atoms with Crippen LogP contribution in [-0.2, 0) is 10.6 Å². The number of rotatable bonds is 6. The Morgan fingerprint density at radius 1 is 1.41 bits per heavy atom. The Balaban J connectivity index is 2.93. The van der Waals surface area contributed by atoms with Crippen LogP contribution in [0.25, 0.3) is 0 Å². The van der Waals surface area contributed by atoms with Crippen molar-refractivity contribution in [3.8, 4) is 0 Å². The molecular weight excluding hydrogens is 241 g/mol. The smallest absolute Gasteiger partial charge is 0.146 e. The fourth-order valence-corrected chi connectivity index (χ4v) is 1.88. The van der Waals surface area contributed by atoms with E-state index in [-0.39, 0.29) is 11.9 Å². The number of alkyl halides is 1. The van der Waals surface area contributed by atoms with Crippen LogP contribution in [0.15, 0.2) is 18.2 Å². The second kappa shape index (κ2) is 6.82. The van der Waals surface area contributed by atoms with Crippen LogP contribution in [-0.4, -0.2) is 26.3 Å². The van der Waals surface area contributed by atoms with Crippen molar-refractivity contribution in [3.63, 3.8) is 0 Å². The Bertz CT molecular complexity index is 357. The Hall–Kier alpha value is -0.800. The lowest BCUT2D eigenvalue weighted by Gasteiger charge is -2.29. The van der Waals surface area contributed by atoms with Gasteiger partial charge >= 0.3 is 0 Å². The third kappa shape index (κ3) is 3.86. The molecule has 0 aliphatic heterocycles. The summed E-state index contributed by atoms with van der Waals surface area (Å²) < 4.78 is 19.0. The van der Waals surface area contributed by atoms with Gasteiger partial charge in [-0.2, -0.15) is 0 Å². The van der Waals surface area contributed by atoms with Gasteiger partial charge in [-0.1, -0.05) is 6.07 Å². The molecule has 1 aromatic rings. The van der Waals surface area contributed by atoms with Crippen molar-refractivity contribution in [1.29, 1.82) is 0 Å². The summed E-state index contributed by atoms with van der Waals surface area (Å²) in [6.45, 7) is 5.31. The molecule has 0 aliphatic carbocycles. The number of nitrogens with zero attached hydrogens (tertiary/aromatic N) is 1. The number of methoxy groups -OCH3 is 1. The van der Waals surface area contributed by atoms with Gasteiger partial charge in [0.2, 0.25) is 0 Å². The van der Waals surface area contributed by atoms with Gasteiger partial charge in [0, 0.05) is 25.6 Å². The highest BCUT2D eigenvalue weighted by Gasteiger charge is 2.14. The van der Waals surface area contributed by atoms with Crippen molar-refractivity contribution in [2.75, 3.05) is 25.2 Å². The topological polar surface area (TPSA) is 12.5 Å². The lowest BCUT2D eigenvalue weighted by Crippen LogP contribution is -2.34. The maximum Gasteiger partial charge on any atom is 0.146 e. The Morgan fingerprint density at radius 2 is 2.12 bits per heavy atom. The first-order chi connectivity index (χ1) is 8.10. The molecular formula is C13H19ClFNO. The molecule has 0 saturated carbocycles. The highest BCUT2D eigenvalue weighted by molar-refractivity contribution is 6.17. The average Bonchev–Trinajstić information content (AvgIpc) is 2.30. The Kier molecular flexibility index (Phi) is 5.72. The van der Waals surface area contributed by atoms with E-state index >= 15 is 0 Å². The molecule has 0 spiro atoms. The Labute approximate surface area is 107 Å². The first kappa shape index (κ1) is 14.3. The predicted molar refractivity (Wildman–Crippen MR) is 70.3 cm³/mol. The van der Waals surface area contributed by atoms with E-state index < -0.39 is 0 Å². The van der Waals surface area contributed by atoms with Crippen molar-refractivity contribution in [3.05, 3.63) is 29.6 Å². The lowest BCUT2D eigenvalue weighted by molar-refractivity contribution is 0.203. The normalized spacial score (nSPS) is 10.9. The van der Waals surface area contributed by atoms with E-state index in [4.69, 9.17) is 16.3 Å². The summed E-state index contributed by atoms with van der Waals surface area (Å²) in [6.07, 6.45) is 0. The van der Waals surface area contributed by atoms with Crippen LogP contribution in [0.3, 0.4) is 0 Å². The summed E-state index contributed by atoms with van der Waals surface area (Å²) >= 11 is 5.68. The van der Waals surface area contributed by atoms with E-state index in [1.165, 1.54) is 6.07 Å². The number of hydrogen-bond donors (Lipinski definition) is 0. The van der Waals surface area contributed by atoms with Crippen LogP contribution in [0.4, 0.5) is 10.1 Å². The number of benzene rings is 1. The molecule has 17 heavy (non-hydrogen) atoms. The van der Waals surface area contributed by atoms with E-state index in [1.54, 1.807) is 13.2 Å². The minimum absolute atomic E-state index is 0.224. The van der Waals surface area contributed by atoms with E-state index in [9.17, 15) is 4.39 Å². The number of anilines is 1. The number of ether oxygens (including phenoxy) is 1. The third-order valence-electron chi connectivity index (χ3n) is 2.64. The molecule has 0 saturated heterocycles. The van der Waals surface area contributed by atoms with E-state index in [0.29, 0.717) is 24.7 Å². The molecule has 1 rings (SSSR count). The first-order valence-corrected chi connectivity index (χ1v) is 6.23. The predicted octanol–water partition coefficient (Wildman–Crippen LogP) is 3.43. The van der Waals surface area contributed by atoms with Crippen LogP contribution < -0.4 is 4.90 Å². The molecule has 0 aromatic heterocycles. The lowest BCUT2D eigenvalue weighted by atomic mass is 10.1. The zero-order valence-electron chi connectivity index (χ0n) is 10.5. The summed E-state index contributed by atoms with van der Waals surface area (Å²) in [5, 5.41) is 0. The Morgan fingerprint density at radius 3 is 2.59 bits per heavy atom. The molecule has 4 heteroatoms. The average molecular weight is 260 g/mol. The number of halogens is 2. The monoisotopic (exact) mass is 259 g/mol. The van der Waals surface area contributed by atoms with Gasteiger partial charge in [-0.15, -0.1) is 11.6 Å². The molecule has 0 radical (unpaired) electrons. The molecule has 0 unspecified atom stereocenters. The van der Waals surface area contributed by atoms with Crippen molar-refractivity contribution < 1.29 is 9.13 Å². The summed E-state index contributed by atoms with van der Waals surface area (Å²) in [5.74, 6) is 0.102. The van der Waals surface area contributed by atoms with E-state index in [0.717, 1.165) is 5.56 Å². The molecule has 0 aliphatic rings. The second-order valence-corrected chi connectivity index (χ2v) is 4.47. The number of hydrogen-bond acceptors (Lipinski definition) is 2. The SMILES string of the molecule is COCCN(c1ccc(CCl)cc1F)C(C)C. The molecule has 0 atom stereocenters. The summed E-state index contributed by atoms with van der Waals surface area (Å²) in [6, 6.07) is 5.35. The maximum atomic E-state index is 13.9. The van der Waals surface area contributed by atoms with Gasteiger partial charge in [-0.25, -0.2) is 4.39 Å². The van der Waals surface area contributed by atoms with Gasteiger partial charge in [-0.3, -0.25) is 0 Å². The molecule has 0 fully saturated rings. The van der Waals surface area contributed by atoms with Gasteiger partial charge in [0.05, 0.1) is 12.3 Å². The summed E-state index contributed by atoms with van der Waals surface area (Å²) in [7, 11) is 1.64. The van der Waals surface area contributed by atoms with Gasteiger partial charge < -0.3 is 9.64 Å². The molecule has 0 heterocycles. The maximum absolute atomic E-state index is 13.9. The highest BCUT2D eigenvalue weighted by Crippen LogP contribution is 2.23. The van der Waals surface area contributed by atoms with Crippen LogP contribution in [0.1, 0.15) is 19.4 Å². The fourth-order valence-electron chi connectivity index (χ4n) is 1.71. The van der Waals surface area contributed by atoms with Gasteiger partial charge in [0.15, 0.2) is 0 Å². The van der Waals surface area contributed by atoms with Crippen LogP contribution in [0.2, 0.25) is 0 Å². The van der Waals surface area contributed by atoms with E-state index in [1.807, 2.05) is 24.8 Å². The van der Waals surface area contributed by atoms with Crippen molar-refractivity contribution in [1.82, 2.24) is 0 Å². The molecule has 96 valence electrons. The van der Waals surface area contributed by atoms with Gasteiger partial charge in [-0.05, 0) is 31.5 Å². The first-order valence-electron chi connectivity index (χ1n) is 5.70. The molecule has 0 bridgehead atoms. The van der Waals surface area contributed by atoms with Crippen molar-refractivity contribution in [2.45, 2.75) is 25.8 Å². The summed E-state index contributed by atoms with van der Waals surface area (Å²) in [5.41, 5.74) is 1.40. The van der Waals surface area contributed by atoms with Gasteiger partial charge in [0.1, 0.15) is 5.82 Å². The van der Waals surface area contributed by atoms with Crippen molar-refractivity contribution >= 4 is 17.3 Å². The minimum atomic E-state index is -0.229. The van der Waals surface area contributed by atoms with Crippen LogP contribution in [0.5, 0.6) is 0 Å². The van der Waals surface area contributed by atoms with E-state index in [2.05, 4.69) is 0 Å². The fraction of sp³-hybridized carbons (Fsp3) is 0.538. The largest absolute Gasteiger partial charge is 0.383 e. The summed E-state index contributed by atoms with van der Waals surface area (Å²) in [4.78, 5) is 1.98. The molecule has 0 N–H and O–H groups in total. The minimum Gasteiger partial charge on any atom is -0.383 e. The molecule has 1 aromatic carbocycles. The van der Waals surface area contributed by atoms with Crippen molar-refractivity contribution in [2.24, 2.45) is 0 Å². The van der Waals surface area contributed by atoms with Crippen LogP contribution in [0, 0.1) is 5.82 Å². The zero-order chi connectivity index (χ0) is 12.8. The zero-order valence-corrected chi connectivity index (χ0v) is 11.3. The van der Waals surface area contributed by atoms with Crippen LogP contribution >= 0.6 is 11.6 Å². The highest BCUT2D eigenvalue weighted by atomic mass is 35.5. The standard InChI is InChI=1S/C13H19ClFNO/c1-10(2)16(6-7-17-3)13-5-4-11(9-14)8-12(13)15/h4-5,8,10H,6-7,9H2,1-3H3. The molecule has 0 amide bonds. The second-order valence-electron chi connectivity index (χ2n) is 4.20. The quantitative estimate of drug-likeness (QED) is 0.726. The molecule has 2 nitrogen and oxygen atoms in total.